The second-order valence-electron chi connectivity index (χ2n) is 12.6. The number of anilines is 2. The Morgan fingerprint density at radius 1 is 1.11 bits per heavy atom. The van der Waals surface area contributed by atoms with Crippen molar-refractivity contribution < 1.29 is 24.2 Å². The predicted octanol–water partition coefficient (Wildman–Crippen LogP) is 5.98. The smallest absolute Gasteiger partial charge is 0.251 e. The molecule has 1 spiro atoms. The molecule has 0 aliphatic carbocycles. The average Bonchev–Trinajstić information content (AvgIpc) is 3.69. The van der Waals surface area contributed by atoms with E-state index in [1.807, 2.05) is 51.1 Å². The van der Waals surface area contributed by atoms with Gasteiger partial charge in [0.2, 0.25) is 11.8 Å². The summed E-state index contributed by atoms with van der Waals surface area (Å²) in [6.07, 6.45) is 5.16. The summed E-state index contributed by atoms with van der Waals surface area (Å²) in [4.78, 5) is 49.2. The van der Waals surface area contributed by atoms with Crippen molar-refractivity contribution in [2.24, 2.45) is 17.8 Å². The minimum Gasteiger partial charge on any atom is -0.494 e. The number of hydrogen-bond donors (Lipinski definition) is 1. The van der Waals surface area contributed by atoms with Gasteiger partial charge in [0.15, 0.2) is 0 Å². The highest BCUT2D eigenvalue weighted by molar-refractivity contribution is 8.02. The fourth-order valence-electron chi connectivity index (χ4n) is 7.64. The number of ether oxygens (including phenoxy) is 1. The van der Waals surface area contributed by atoms with Gasteiger partial charge >= 0.3 is 0 Å². The normalized spacial score (nSPS) is 25.3. The van der Waals surface area contributed by atoms with Crippen LogP contribution in [0.2, 0.25) is 5.02 Å². The minimum absolute atomic E-state index is 0.125. The van der Waals surface area contributed by atoms with E-state index in [2.05, 4.69) is 13.2 Å². The number of aliphatic hydroxyl groups is 1. The van der Waals surface area contributed by atoms with E-state index < -0.39 is 28.7 Å². The first kappa shape index (κ1) is 34.1. The van der Waals surface area contributed by atoms with Crippen LogP contribution in [0.15, 0.2) is 73.8 Å². The van der Waals surface area contributed by atoms with Gasteiger partial charge in [0.1, 0.15) is 11.8 Å². The molecule has 0 saturated carbocycles. The quantitative estimate of drug-likeness (QED) is 0.250. The van der Waals surface area contributed by atoms with Crippen molar-refractivity contribution in [3.63, 3.8) is 0 Å². The number of thioether (sulfide) groups is 1. The number of benzene rings is 2. The lowest BCUT2D eigenvalue weighted by Crippen LogP contribution is -2.58. The number of aliphatic hydroxyl groups excluding tert-OH is 1. The Hall–Kier alpha value is -3.27. The van der Waals surface area contributed by atoms with Crippen LogP contribution in [0.5, 0.6) is 5.75 Å². The van der Waals surface area contributed by atoms with Crippen LogP contribution in [0.3, 0.4) is 0 Å². The Balaban J connectivity index is 1.59. The summed E-state index contributed by atoms with van der Waals surface area (Å²) in [7, 11) is 0. The number of hydrogen-bond acceptors (Lipinski definition) is 6. The van der Waals surface area contributed by atoms with Crippen molar-refractivity contribution in [2.45, 2.75) is 62.1 Å². The zero-order valence-electron chi connectivity index (χ0n) is 26.8. The standard InChI is InChI=1S/C36H44ClN3O5S/c1-6-19-38(24-13-15-26(16-14-24)45-8-3)33(42)30-29-17-18-36(46-29)31(30)34(43)40(25(22-41)21-23(4)5)32(36)35(44)39(20-7-2)28-12-10-9-11-27(28)37/h6-7,9-16,23,25,29-32,41H,1-2,8,17-22H2,3-5H3/t25-,29-,30+,31+,32?,36?/m1/s1. The summed E-state index contributed by atoms with van der Waals surface area (Å²) in [5, 5.41) is 11.0. The van der Waals surface area contributed by atoms with Crippen LogP contribution in [-0.2, 0) is 14.4 Å². The van der Waals surface area contributed by atoms with Crippen LogP contribution >= 0.6 is 23.4 Å². The third-order valence-corrected chi connectivity index (χ3v) is 11.6. The highest BCUT2D eigenvalue weighted by Gasteiger charge is 2.74. The third kappa shape index (κ3) is 5.98. The summed E-state index contributed by atoms with van der Waals surface area (Å²) in [6.45, 7) is 14.5. The molecule has 1 N–H and O–H groups in total. The van der Waals surface area contributed by atoms with Gasteiger partial charge in [-0.3, -0.25) is 14.4 Å². The molecule has 246 valence electrons. The number of amides is 3. The van der Waals surface area contributed by atoms with Crippen molar-refractivity contribution in [1.29, 1.82) is 0 Å². The van der Waals surface area contributed by atoms with Gasteiger partial charge in [-0.1, -0.05) is 49.7 Å². The van der Waals surface area contributed by atoms with Gasteiger partial charge in [0.05, 0.1) is 46.5 Å². The van der Waals surface area contributed by atoms with Crippen LogP contribution in [0.25, 0.3) is 0 Å². The summed E-state index contributed by atoms with van der Waals surface area (Å²) in [5.41, 5.74) is 1.22. The molecule has 3 aliphatic heterocycles. The molecular formula is C36H44ClN3O5S. The number of rotatable bonds is 14. The molecular weight excluding hydrogens is 622 g/mol. The number of nitrogens with zero attached hydrogens (tertiary/aromatic N) is 3. The lowest BCUT2D eigenvalue weighted by molar-refractivity contribution is -0.142. The molecule has 3 fully saturated rings. The van der Waals surface area contributed by atoms with Crippen LogP contribution in [-0.4, -0.2) is 76.1 Å². The van der Waals surface area contributed by atoms with Gasteiger partial charge in [-0.2, -0.15) is 0 Å². The molecule has 2 unspecified atom stereocenters. The fourth-order valence-corrected chi connectivity index (χ4v) is 10.1. The molecule has 5 rings (SSSR count). The van der Waals surface area contributed by atoms with Crippen molar-refractivity contribution in [3.8, 4) is 5.75 Å². The zero-order valence-corrected chi connectivity index (χ0v) is 28.4. The molecule has 2 aromatic rings. The Morgan fingerprint density at radius 2 is 1.78 bits per heavy atom. The second kappa shape index (κ2) is 14.2. The topological polar surface area (TPSA) is 90.4 Å². The second-order valence-corrected chi connectivity index (χ2v) is 14.6. The van der Waals surface area contributed by atoms with E-state index in [4.69, 9.17) is 16.3 Å². The van der Waals surface area contributed by atoms with Crippen LogP contribution in [0, 0.1) is 17.8 Å². The van der Waals surface area contributed by atoms with E-state index in [-0.39, 0.29) is 48.6 Å². The first-order valence-electron chi connectivity index (χ1n) is 16.1. The molecule has 2 aromatic carbocycles. The van der Waals surface area contributed by atoms with Gasteiger partial charge in [-0.15, -0.1) is 24.9 Å². The molecule has 3 saturated heterocycles. The van der Waals surface area contributed by atoms with E-state index in [0.29, 0.717) is 48.0 Å². The number of halogens is 1. The lowest BCUT2D eigenvalue weighted by atomic mass is 9.70. The SMILES string of the molecule is C=CCN(C(=O)[C@@H]1[C@H]2C(=O)N([C@@H](CO)CC(C)C)C(C(=O)N(CC=C)c3ccccc3Cl)C23CC[C@H]1S3)c1ccc(OCC)cc1. The highest BCUT2D eigenvalue weighted by atomic mass is 35.5. The molecule has 46 heavy (non-hydrogen) atoms. The van der Waals surface area contributed by atoms with Crippen LogP contribution in [0.1, 0.15) is 40.0 Å². The molecule has 3 amide bonds. The summed E-state index contributed by atoms with van der Waals surface area (Å²) >= 11 is 8.22. The summed E-state index contributed by atoms with van der Waals surface area (Å²) in [5.74, 6) is -1.16. The Morgan fingerprint density at radius 3 is 2.39 bits per heavy atom. The van der Waals surface area contributed by atoms with Crippen molar-refractivity contribution in [2.75, 3.05) is 36.1 Å². The van der Waals surface area contributed by atoms with Gasteiger partial charge in [-0.05, 0) is 68.5 Å². The molecule has 2 bridgehead atoms. The number of carbonyl (C=O) groups is 3. The number of para-hydroxylation sites is 1. The summed E-state index contributed by atoms with van der Waals surface area (Å²) < 4.78 is 4.78. The molecule has 3 heterocycles. The van der Waals surface area contributed by atoms with Crippen LogP contribution < -0.4 is 14.5 Å². The van der Waals surface area contributed by atoms with Gasteiger partial charge in [-0.25, -0.2) is 0 Å². The van der Waals surface area contributed by atoms with Crippen molar-refractivity contribution in [3.05, 3.63) is 78.9 Å². The Bertz CT molecular complexity index is 1470. The molecule has 8 nitrogen and oxygen atoms in total. The van der Waals surface area contributed by atoms with Crippen molar-refractivity contribution in [1.82, 2.24) is 4.90 Å². The van der Waals surface area contributed by atoms with Gasteiger partial charge < -0.3 is 24.5 Å². The number of likely N-dealkylation sites (tertiary alicyclic amines) is 1. The molecule has 6 atom stereocenters. The highest BCUT2D eigenvalue weighted by Crippen LogP contribution is 2.67. The first-order chi connectivity index (χ1) is 22.1. The molecule has 3 aliphatic rings. The van der Waals surface area contributed by atoms with E-state index in [1.165, 1.54) is 0 Å². The van der Waals surface area contributed by atoms with E-state index in [0.717, 1.165) is 0 Å². The molecule has 0 radical (unpaired) electrons. The van der Waals surface area contributed by atoms with Gasteiger partial charge in [0, 0.05) is 24.0 Å². The van der Waals surface area contributed by atoms with E-state index in [1.54, 1.807) is 56.8 Å². The van der Waals surface area contributed by atoms with E-state index in [9.17, 15) is 19.5 Å². The summed E-state index contributed by atoms with van der Waals surface area (Å²) in [6, 6.07) is 13.0. The largest absolute Gasteiger partial charge is 0.494 e. The first-order valence-corrected chi connectivity index (χ1v) is 17.3. The average molecular weight is 666 g/mol. The third-order valence-electron chi connectivity index (χ3n) is 9.36. The zero-order chi connectivity index (χ0) is 33.2. The minimum atomic E-state index is -0.886. The monoisotopic (exact) mass is 665 g/mol. The predicted molar refractivity (Wildman–Crippen MR) is 185 cm³/mol. The molecule has 0 aromatic heterocycles. The maximum atomic E-state index is 14.9. The Kier molecular flexibility index (Phi) is 10.5. The Labute approximate surface area is 281 Å². The number of carbonyl (C=O) groups excluding carboxylic acids is 3. The maximum Gasteiger partial charge on any atom is 0.251 e. The van der Waals surface area contributed by atoms with Gasteiger partial charge in [0.25, 0.3) is 5.91 Å². The maximum absolute atomic E-state index is 14.9. The lowest BCUT2D eigenvalue weighted by Gasteiger charge is -2.40. The van der Waals surface area contributed by atoms with Crippen molar-refractivity contribution >= 4 is 52.5 Å². The van der Waals surface area contributed by atoms with E-state index >= 15 is 0 Å². The molecule has 10 heteroatoms. The number of fused-ring (bicyclic) bond motifs is 1. The fraction of sp³-hybridized carbons (Fsp3) is 0.472. The van der Waals surface area contributed by atoms with Crippen LogP contribution in [0.4, 0.5) is 11.4 Å².